The van der Waals surface area contributed by atoms with Crippen molar-refractivity contribution in [1.82, 2.24) is 4.57 Å². The fourth-order valence-corrected chi connectivity index (χ4v) is 3.04. The van der Waals surface area contributed by atoms with Gasteiger partial charge in [-0.2, -0.15) is 13.2 Å². The summed E-state index contributed by atoms with van der Waals surface area (Å²) >= 11 is 1.29. The van der Waals surface area contributed by atoms with Crippen LogP contribution in [0.5, 0.6) is 0 Å². The first kappa shape index (κ1) is 11.6. The third-order valence-electron chi connectivity index (χ3n) is 2.64. The Balaban J connectivity index is 2.80. The summed E-state index contributed by atoms with van der Waals surface area (Å²) in [6.07, 6.45) is -4.47. The molecule has 0 saturated carbocycles. The maximum absolute atomic E-state index is 12.9. The lowest BCUT2D eigenvalue weighted by Gasteiger charge is -2.19. The Bertz CT molecular complexity index is 492. The predicted molar refractivity (Wildman–Crippen MR) is 55.9 cm³/mol. The average molecular weight is 249 g/mol. The van der Waals surface area contributed by atoms with Gasteiger partial charge in [-0.1, -0.05) is 0 Å². The number of hydrogen-bond donors (Lipinski definition) is 0. The Hall–Kier alpha value is -0.910. The summed E-state index contributed by atoms with van der Waals surface area (Å²) < 4.78 is 39.9. The van der Waals surface area contributed by atoms with E-state index in [1.54, 1.807) is 6.92 Å². The maximum atomic E-state index is 12.9. The molecule has 0 spiro atoms. The molecule has 1 aromatic rings. The van der Waals surface area contributed by atoms with Crippen LogP contribution in [0.2, 0.25) is 0 Å². The summed E-state index contributed by atoms with van der Waals surface area (Å²) in [6.45, 7) is 2.96. The number of thioether (sulfide) groups is 1. The van der Waals surface area contributed by atoms with Crippen molar-refractivity contribution in [3.63, 3.8) is 0 Å². The van der Waals surface area contributed by atoms with Gasteiger partial charge < -0.3 is 4.57 Å². The van der Waals surface area contributed by atoms with Crippen LogP contribution in [-0.2, 0) is 6.18 Å². The van der Waals surface area contributed by atoms with Gasteiger partial charge >= 0.3 is 6.18 Å². The van der Waals surface area contributed by atoms with E-state index >= 15 is 0 Å². The largest absolute Gasteiger partial charge is 0.431 e. The smallest absolute Gasteiger partial charge is 0.328 e. The number of halogens is 3. The molecule has 2 nitrogen and oxygen atoms in total. The minimum atomic E-state index is -4.47. The van der Waals surface area contributed by atoms with E-state index < -0.39 is 17.3 Å². The second kappa shape index (κ2) is 3.55. The Labute approximate surface area is 94.5 Å². The first-order chi connectivity index (χ1) is 7.32. The van der Waals surface area contributed by atoms with Crippen molar-refractivity contribution < 1.29 is 13.2 Å². The van der Waals surface area contributed by atoms with E-state index in [0.717, 1.165) is 0 Å². The zero-order chi connectivity index (χ0) is 12.1. The molecular formula is C10H10F3NOS. The van der Waals surface area contributed by atoms with Gasteiger partial charge in [0, 0.05) is 23.4 Å². The second-order valence-electron chi connectivity index (χ2n) is 3.85. The summed E-state index contributed by atoms with van der Waals surface area (Å²) in [6, 6.07) is 1.06. The zero-order valence-corrected chi connectivity index (χ0v) is 9.58. The molecule has 16 heavy (non-hydrogen) atoms. The van der Waals surface area contributed by atoms with Gasteiger partial charge in [0.1, 0.15) is 5.69 Å². The predicted octanol–water partition coefficient (Wildman–Crippen LogP) is 2.84. The third-order valence-corrected chi connectivity index (χ3v) is 3.90. The fraction of sp³-hybridized carbons (Fsp3) is 0.500. The highest BCUT2D eigenvalue weighted by atomic mass is 32.2. The van der Waals surface area contributed by atoms with Crippen molar-refractivity contribution in [2.24, 2.45) is 0 Å². The molecule has 1 atom stereocenters. The van der Waals surface area contributed by atoms with E-state index in [0.29, 0.717) is 10.8 Å². The number of pyridine rings is 1. The Morgan fingerprint density at radius 1 is 1.50 bits per heavy atom. The van der Waals surface area contributed by atoms with Crippen LogP contribution in [0.15, 0.2) is 15.9 Å². The van der Waals surface area contributed by atoms with Crippen molar-refractivity contribution in [1.29, 1.82) is 0 Å². The number of nitrogens with zero attached hydrogens (tertiary/aromatic N) is 1. The Kier molecular flexibility index (Phi) is 2.57. The van der Waals surface area contributed by atoms with Gasteiger partial charge in [-0.25, -0.2) is 0 Å². The van der Waals surface area contributed by atoms with Gasteiger partial charge in [-0.15, -0.1) is 11.8 Å². The first-order valence-electron chi connectivity index (χ1n) is 4.78. The lowest BCUT2D eigenvalue weighted by atomic mass is 10.1. The molecule has 1 aromatic heterocycles. The van der Waals surface area contributed by atoms with Crippen LogP contribution in [-0.4, -0.2) is 10.3 Å². The Morgan fingerprint density at radius 2 is 2.12 bits per heavy atom. The van der Waals surface area contributed by atoms with Gasteiger partial charge in [0.25, 0.3) is 0 Å². The first-order valence-corrected chi connectivity index (χ1v) is 5.77. The SMILES string of the molecule is Cc1c(C(F)(F)F)n2c(cc1=O)SCC2C. The molecule has 88 valence electrons. The van der Waals surface area contributed by atoms with Crippen molar-refractivity contribution in [3.8, 4) is 0 Å². The molecule has 0 saturated heterocycles. The highest BCUT2D eigenvalue weighted by Gasteiger charge is 2.39. The monoisotopic (exact) mass is 249 g/mol. The van der Waals surface area contributed by atoms with Crippen LogP contribution in [0.3, 0.4) is 0 Å². The quantitative estimate of drug-likeness (QED) is 0.705. The number of rotatable bonds is 0. The fourth-order valence-electron chi connectivity index (χ4n) is 1.88. The maximum Gasteiger partial charge on any atom is 0.431 e. The zero-order valence-electron chi connectivity index (χ0n) is 8.76. The van der Waals surface area contributed by atoms with Gasteiger partial charge in [0.05, 0.1) is 5.03 Å². The molecular weight excluding hydrogens is 239 g/mol. The number of alkyl halides is 3. The topological polar surface area (TPSA) is 22.0 Å². The molecule has 2 heterocycles. The summed E-state index contributed by atoms with van der Waals surface area (Å²) in [5.41, 5.74) is -1.56. The molecule has 0 radical (unpaired) electrons. The molecule has 0 aromatic carbocycles. The summed E-state index contributed by atoms with van der Waals surface area (Å²) in [7, 11) is 0. The number of fused-ring (bicyclic) bond motifs is 1. The molecule has 0 fully saturated rings. The molecule has 1 aliphatic rings. The van der Waals surface area contributed by atoms with Crippen molar-refractivity contribution in [2.75, 3.05) is 5.75 Å². The van der Waals surface area contributed by atoms with E-state index in [4.69, 9.17) is 0 Å². The molecule has 2 rings (SSSR count). The second-order valence-corrected chi connectivity index (χ2v) is 4.89. The van der Waals surface area contributed by atoms with E-state index in [-0.39, 0.29) is 11.6 Å². The van der Waals surface area contributed by atoms with E-state index in [1.165, 1.54) is 29.3 Å². The highest BCUT2D eigenvalue weighted by Crippen LogP contribution is 2.40. The number of aromatic nitrogens is 1. The number of hydrogen-bond acceptors (Lipinski definition) is 2. The standard InChI is InChI=1S/C10H10F3NOS/c1-5-4-16-8-3-7(15)6(2)9(14(5)8)10(11,12)13/h3,5H,4H2,1-2H3. The molecule has 6 heteroatoms. The van der Waals surface area contributed by atoms with Crippen LogP contribution in [0.4, 0.5) is 13.2 Å². The minimum absolute atomic E-state index is 0.217. The van der Waals surface area contributed by atoms with Crippen LogP contribution in [0, 0.1) is 6.92 Å². The van der Waals surface area contributed by atoms with Gasteiger partial charge in [0.15, 0.2) is 5.43 Å². The lowest BCUT2D eigenvalue weighted by molar-refractivity contribution is -0.145. The van der Waals surface area contributed by atoms with Crippen LogP contribution in [0.25, 0.3) is 0 Å². The van der Waals surface area contributed by atoms with Crippen LogP contribution >= 0.6 is 11.8 Å². The van der Waals surface area contributed by atoms with Crippen molar-refractivity contribution in [3.05, 3.63) is 27.5 Å². The molecule has 1 unspecified atom stereocenters. The van der Waals surface area contributed by atoms with Gasteiger partial charge in [-0.3, -0.25) is 4.79 Å². The normalized spacial score (nSPS) is 19.9. The van der Waals surface area contributed by atoms with E-state index in [9.17, 15) is 18.0 Å². The van der Waals surface area contributed by atoms with Crippen LogP contribution in [0.1, 0.15) is 24.2 Å². The molecule has 1 aliphatic heterocycles. The van der Waals surface area contributed by atoms with Crippen molar-refractivity contribution in [2.45, 2.75) is 31.1 Å². The molecule has 0 amide bonds. The molecule has 0 bridgehead atoms. The minimum Gasteiger partial charge on any atom is -0.328 e. The summed E-state index contributed by atoms with van der Waals surface area (Å²) in [4.78, 5) is 11.4. The third kappa shape index (κ3) is 1.65. The molecule has 0 aliphatic carbocycles. The highest BCUT2D eigenvalue weighted by molar-refractivity contribution is 7.99. The van der Waals surface area contributed by atoms with Gasteiger partial charge in [0.2, 0.25) is 0 Å². The molecule has 0 N–H and O–H groups in total. The summed E-state index contributed by atoms with van der Waals surface area (Å²) in [5, 5.41) is 0.412. The average Bonchev–Trinajstić information content (AvgIpc) is 2.47. The van der Waals surface area contributed by atoms with Gasteiger partial charge in [-0.05, 0) is 13.8 Å². The Morgan fingerprint density at radius 3 is 2.69 bits per heavy atom. The van der Waals surface area contributed by atoms with Crippen LogP contribution < -0.4 is 5.43 Å². The van der Waals surface area contributed by atoms with E-state index in [1.807, 2.05) is 0 Å². The van der Waals surface area contributed by atoms with Crippen molar-refractivity contribution >= 4 is 11.8 Å². The van der Waals surface area contributed by atoms with E-state index in [2.05, 4.69) is 0 Å². The lowest BCUT2D eigenvalue weighted by Crippen LogP contribution is -2.25. The summed E-state index contributed by atoms with van der Waals surface area (Å²) in [5.74, 6) is 0.575.